The number of rotatable bonds is 3. The molecule has 2 atom stereocenters. The van der Waals surface area contributed by atoms with Gasteiger partial charge in [-0.15, -0.1) is 0 Å². The minimum absolute atomic E-state index is 0.272. The second-order valence-corrected chi connectivity index (χ2v) is 4.77. The lowest BCUT2D eigenvalue weighted by Gasteiger charge is -2.19. The molecule has 2 nitrogen and oxygen atoms in total. The average Bonchev–Trinajstić information content (AvgIpc) is 2.56. The maximum Gasteiger partial charge on any atom is 0.0806 e. The molecule has 0 saturated carbocycles. The Hall–Kier alpha value is -0.380. The molecule has 0 fully saturated rings. The van der Waals surface area contributed by atoms with Crippen molar-refractivity contribution >= 4 is 15.9 Å². The van der Waals surface area contributed by atoms with Crippen LogP contribution in [0.15, 0.2) is 22.7 Å². The molecule has 15 heavy (non-hydrogen) atoms. The van der Waals surface area contributed by atoms with Crippen LogP contribution in [0.5, 0.6) is 0 Å². The van der Waals surface area contributed by atoms with Gasteiger partial charge in [-0.2, -0.15) is 0 Å². The summed E-state index contributed by atoms with van der Waals surface area (Å²) in [6, 6.07) is 6.83. The molecule has 0 spiro atoms. The first-order valence-electron chi connectivity index (χ1n) is 5.30. The van der Waals surface area contributed by atoms with Crippen LogP contribution in [0.1, 0.15) is 24.1 Å². The molecule has 1 aromatic carbocycles. The van der Waals surface area contributed by atoms with Crippen LogP contribution in [0.3, 0.4) is 0 Å². The van der Waals surface area contributed by atoms with Crippen molar-refractivity contribution in [3.63, 3.8) is 0 Å². The van der Waals surface area contributed by atoms with Crippen molar-refractivity contribution in [1.29, 1.82) is 0 Å². The number of benzene rings is 1. The summed E-state index contributed by atoms with van der Waals surface area (Å²) in [5, 5.41) is 3.48. The molecule has 0 aromatic heterocycles. The quantitative estimate of drug-likeness (QED) is 0.911. The Morgan fingerprint density at radius 2 is 2.33 bits per heavy atom. The van der Waals surface area contributed by atoms with E-state index < -0.39 is 0 Å². The van der Waals surface area contributed by atoms with Gasteiger partial charge in [0.05, 0.1) is 12.1 Å². The summed E-state index contributed by atoms with van der Waals surface area (Å²) in [7, 11) is 1.79. The Bertz CT molecular complexity index is 353. The van der Waals surface area contributed by atoms with E-state index in [1.807, 2.05) is 0 Å². The number of fused-ring (bicyclic) bond motifs is 1. The number of ether oxygens (including phenoxy) is 1. The molecule has 0 radical (unpaired) electrons. The predicted octanol–water partition coefficient (Wildman–Crippen LogP) is 2.67. The van der Waals surface area contributed by atoms with Crippen LogP contribution in [-0.4, -0.2) is 19.8 Å². The number of likely N-dealkylation sites (N-methyl/N-ethyl adjacent to an activating group) is 1. The third-order valence-corrected chi connectivity index (χ3v) is 3.45. The number of nitrogens with one attached hydrogen (secondary N) is 1. The molecular weight excluding hydrogens is 254 g/mol. The third kappa shape index (κ3) is 2.10. The van der Waals surface area contributed by atoms with Gasteiger partial charge in [0.25, 0.3) is 0 Å². The summed E-state index contributed by atoms with van der Waals surface area (Å²) >= 11 is 3.50. The Morgan fingerprint density at radius 1 is 1.53 bits per heavy atom. The number of methoxy groups -OCH3 is 1. The summed E-state index contributed by atoms with van der Waals surface area (Å²) in [5.41, 5.74) is 2.77. The highest BCUT2D eigenvalue weighted by Gasteiger charge is 2.31. The van der Waals surface area contributed by atoms with Crippen molar-refractivity contribution in [3.05, 3.63) is 33.8 Å². The molecule has 1 N–H and O–H groups in total. The fourth-order valence-electron chi connectivity index (χ4n) is 2.27. The maximum atomic E-state index is 5.52. The van der Waals surface area contributed by atoms with E-state index in [1.54, 1.807) is 7.11 Å². The fourth-order valence-corrected chi connectivity index (χ4v) is 2.68. The Balaban J connectivity index is 2.31. The summed E-state index contributed by atoms with van der Waals surface area (Å²) in [4.78, 5) is 0. The average molecular weight is 270 g/mol. The van der Waals surface area contributed by atoms with Gasteiger partial charge < -0.3 is 10.1 Å². The van der Waals surface area contributed by atoms with Crippen LogP contribution in [0.2, 0.25) is 0 Å². The second-order valence-electron chi connectivity index (χ2n) is 3.86. The molecule has 2 rings (SSSR count). The minimum Gasteiger partial charge on any atom is -0.379 e. The van der Waals surface area contributed by atoms with E-state index in [1.165, 1.54) is 11.1 Å². The Morgan fingerprint density at radius 3 is 3.00 bits per heavy atom. The lowest BCUT2D eigenvalue weighted by molar-refractivity contribution is 0.0796. The van der Waals surface area contributed by atoms with Gasteiger partial charge in [0.2, 0.25) is 0 Å². The number of hydrogen-bond donors (Lipinski definition) is 1. The van der Waals surface area contributed by atoms with Crippen molar-refractivity contribution < 1.29 is 4.74 Å². The second kappa shape index (κ2) is 4.64. The lowest BCUT2D eigenvalue weighted by Crippen LogP contribution is -2.29. The van der Waals surface area contributed by atoms with E-state index in [0.29, 0.717) is 6.04 Å². The maximum absolute atomic E-state index is 5.52. The smallest absolute Gasteiger partial charge is 0.0806 e. The zero-order valence-corrected chi connectivity index (χ0v) is 10.7. The Labute approximate surface area is 99.1 Å². The van der Waals surface area contributed by atoms with Crippen LogP contribution in [0.25, 0.3) is 0 Å². The van der Waals surface area contributed by atoms with E-state index in [-0.39, 0.29) is 6.10 Å². The van der Waals surface area contributed by atoms with Gasteiger partial charge in [-0.1, -0.05) is 28.9 Å². The van der Waals surface area contributed by atoms with E-state index in [9.17, 15) is 0 Å². The van der Waals surface area contributed by atoms with Crippen LogP contribution in [0, 0.1) is 0 Å². The summed E-state index contributed by atoms with van der Waals surface area (Å²) in [6.45, 7) is 3.10. The molecule has 3 heteroatoms. The molecule has 0 saturated heterocycles. The van der Waals surface area contributed by atoms with E-state index in [4.69, 9.17) is 4.74 Å². The minimum atomic E-state index is 0.272. The van der Waals surface area contributed by atoms with Crippen molar-refractivity contribution in [2.75, 3.05) is 13.7 Å². The highest BCUT2D eigenvalue weighted by Crippen LogP contribution is 2.34. The zero-order chi connectivity index (χ0) is 10.8. The molecule has 0 bridgehead atoms. The molecule has 82 valence electrons. The Kier molecular flexibility index (Phi) is 3.44. The van der Waals surface area contributed by atoms with Gasteiger partial charge in [-0.3, -0.25) is 0 Å². The van der Waals surface area contributed by atoms with Crippen molar-refractivity contribution in [3.8, 4) is 0 Å². The highest BCUT2D eigenvalue weighted by atomic mass is 79.9. The predicted molar refractivity (Wildman–Crippen MR) is 65.1 cm³/mol. The van der Waals surface area contributed by atoms with E-state index in [0.717, 1.165) is 17.4 Å². The molecule has 1 aromatic rings. The molecule has 2 unspecified atom stereocenters. The number of halogens is 1. The van der Waals surface area contributed by atoms with Gasteiger partial charge in [0, 0.05) is 18.0 Å². The summed E-state index contributed by atoms with van der Waals surface area (Å²) in [5.74, 6) is 0. The normalized spacial score (nSPS) is 24.2. The first-order chi connectivity index (χ1) is 7.26. The van der Waals surface area contributed by atoms with Gasteiger partial charge >= 0.3 is 0 Å². The molecule has 1 aliphatic carbocycles. The van der Waals surface area contributed by atoms with Gasteiger partial charge in [-0.05, 0) is 29.8 Å². The van der Waals surface area contributed by atoms with E-state index >= 15 is 0 Å². The molecule has 1 aliphatic rings. The monoisotopic (exact) mass is 269 g/mol. The highest BCUT2D eigenvalue weighted by molar-refractivity contribution is 9.10. The van der Waals surface area contributed by atoms with Crippen LogP contribution in [0.4, 0.5) is 0 Å². The van der Waals surface area contributed by atoms with Crippen LogP contribution >= 0.6 is 15.9 Å². The summed E-state index contributed by atoms with van der Waals surface area (Å²) in [6.07, 6.45) is 1.28. The molecule has 0 aliphatic heterocycles. The first-order valence-corrected chi connectivity index (χ1v) is 6.10. The number of hydrogen-bond acceptors (Lipinski definition) is 2. The SMILES string of the molecule is CCNC1c2ccc(Br)cc2CC1OC. The van der Waals surface area contributed by atoms with Crippen LogP contribution < -0.4 is 5.32 Å². The largest absolute Gasteiger partial charge is 0.379 e. The molecular formula is C12H16BrNO. The summed E-state index contributed by atoms with van der Waals surface area (Å²) < 4.78 is 6.67. The van der Waals surface area contributed by atoms with Crippen molar-refractivity contribution in [1.82, 2.24) is 5.32 Å². The fraction of sp³-hybridized carbons (Fsp3) is 0.500. The molecule has 0 heterocycles. The van der Waals surface area contributed by atoms with Gasteiger partial charge in [0.1, 0.15) is 0 Å². The van der Waals surface area contributed by atoms with Crippen LogP contribution in [-0.2, 0) is 11.2 Å². The van der Waals surface area contributed by atoms with E-state index in [2.05, 4.69) is 46.4 Å². The van der Waals surface area contributed by atoms with Gasteiger partial charge in [-0.25, -0.2) is 0 Å². The van der Waals surface area contributed by atoms with Gasteiger partial charge in [0.15, 0.2) is 0 Å². The van der Waals surface area contributed by atoms with Crippen molar-refractivity contribution in [2.45, 2.75) is 25.5 Å². The standard InChI is InChI=1S/C12H16BrNO/c1-3-14-12-10-5-4-9(13)6-8(10)7-11(12)15-2/h4-6,11-12,14H,3,7H2,1-2H3. The lowest BCUT2D eigenvalue weighted by atomic mass is 10.1. The van der Waals surface area contributed by atoms with Crippen molar-refractivity contribution in [2.24, 2.45) is 0 Å². The molecule has 0 amide bonds. The zero-order valence-electron chi connectivity index (χ0n) is 9.09. The topological polar surface area (TPSA) is 21.3 Å². The third-order valence-electron chi connectivity index (χ3n) is 2.96. The first kappa shape index (κ1) is 11.1.